The Morgan fingerprint density at radius 3 is 1.92 bits per heavy atom. The molecule has 1 aliphatic rings. The van der Waals surface area contributed by atoms with Crippen LogP contribution in [-0.4, -0.2) is 72.2 Å². The number of ketones is 1. The van der Waals surface area contributed by atoms with Crippen molar-refractivity contribution in [3.05, 3.63) is 11.8 Å². The van der Waals surface area contributed by atoms with E-state index in [1.165, 1.54) is 0 Å². The van der Waals surface area contributed by atoms with Crippen LogP contribution in [0.25, 0.3) is 0 Å². The van der Waals surface area contributed by atoms with Gasteiger partial charge in [0.1, 0.15) is 17.4 Å². The molecule has 0 radical (unpaired) electrons. The summed E-state index contributed by atoms with van der Waals surface area (Å²) in [6.45, 7) is 10.2. The number of quaternary nitrogens is 1. The third-order valence-corrected chi connectivity index (χ3v) is 3.03. The van der Waals surface area contributed by atoms with Crippen LogP contribution in [0.2, 0.25) is 0 Å². The van der Waals surface area contributed by atoms with E-state index in [-0.39, 0.29) is 17.9 Å². The van der Waals surface area contributed by atoms with Crippen molar-refractivity contribution in [2.45, 2.75) is 58.8 Å². The summed E-state index contributed by atoms with van der Waals surface area (Å²) in [5, 5.41) is 0. The molecule has 0 aromatic rings. The topological polar surface area (TPSA) is 72.9 Å². The summed E-state index contributed by atoms with van der Waals surface area (Å²) in [5.41, 5.74) is -1.21. The lowest BCUT2D eigenvalue weighted by atomic mass is 10.1. The minimum Gasteiger partial charge on any atom is -0.458 e. The molecule has 0 bridgehead atoms. The first-order valence-electron chi connectivity index (χ1n) is 8.30. The van der Waals surface area contributed by atoms with Crippen molar-refractivity contribution in [1.82, 2.24) is 4.90 Å². The van der Waals surface area contributed by atoms with Crippen molar-refractivity contribution >= 4 is 17.8 Å². The third kappa shape index (κ3) is 6.49. The highest BCUT2D eigenvalue weighted by molar-refractivity contribution is 6.09. The van der Waals surface area contributed by atoms with Crippen molar-refractivity contribution in [2.24, 2.45) is 0 Å². The van der Waals surface area contributed by atoms with Crippen LogP contribution in [0.1, 0.15) is 41.5 Å². The van der Waals surface area contributed by atoms with E-state index in [0.717, 1.165) is 4.90 Å². The molecule has 1 heterocycles. The highest BCUT2D eigenvalue weighted by Gasteiger charge is 2.48. The van der Waals surface area contributed by atoms with Gasteiger partial charge in [0.15, 0.2) is 11.8 Å². The smallest absolute Gasteiger partial charge is 0.411 e. The van der Waals surface area contributed by atoms with E-state index < -0.39 is 29.3 Å². The van der Waals surface area contributed by atoms with Crippen LogP contribution >= 0.6 is 0 Å². The number of likely N-dealkylation sites (tertiary alicyclic amines) is 1. The van der Waals surface area contributed by atoms with Gasteiger partial charge < -0.3 is 14.0 Å². The summed E-state index contributed by atoms with van der Waals surface area (Å²) in [6, 6.07) is -1.10. The van der Waals surface area contributed by atoms with Gasteiger partial charge in [-0.15, -0.1) is 0 Å². The predicted octanol–water partition coefficient (Wildman–Crippen LogP) is 2.11. The molecule has 1 fully saturated rings. The third-order valence-electron chi connectivity index (χ3n) is 3.03. The van der Waals surface area contributed by atoms with Gasteiger partial charge in [0.05, 0.1) is 33.3 Å². The van der Waals surface area contributed by atoms with Gasteiger partial charge in [0.25, 0.3) is 0 Å². The molecule has 25 heavy (non-hydrogen) atoms. The van der Waals surface area contributed by atoms with Crippen LogP contribution < -0.4 is 0 Å². The van der Waals surface area contributed by atoms with E-state index in [0.29, 0.717) is 4.48 Å². The molecular formula is C18H31N2O5+. The fraction of sp³-hybridized carbons (Fsp3) is 0.722. The summed E-state index contributed by atoms with van der Waals surface area (Å²) in [6.07, 6.45) is 0.961. The first kappa shape index (κ1) is 21.2. The first-order valence-corrected chi connectivity index (χ1v) is 8.30. The molecular weight excluding hydrogens is 324 g/mol. The average Bonchev–Trinajstić information content (AvgIpc) is 2.60. The molecule has 0 aliphatic carbocycles. The molecule has 1 saturated heterocycles. The predicted molar refractivity (Wildman–Crippen MR) is 93.7 cm³/mol. The number of ether oxygens (including phenoxy) is 2. The Morgan fingerprint density at radius 2 is 1.52 bits per heavy atom. The van der Waals surface area contributed by atoms with Gasteiger partial charge in [0, 0.05) is 0 Å². The molecule has 0 saturated carbocycles. The number of rotatable bonds is 2. The maximum absolute atomic E-state index is 12.7. The van der Waals surface area contributed by atoms with Gasteiger partial charge in [-0.3, -0.25) is 9.69 Å². The molecule has 1 atom stereocenters. The summed E-state index contributed by atoms with van der Waals surface area (Å²) >= 11 is 0. The molecule has 7 nitrogen and oxygen atoms in total. The quantitative estimate of drug-likeness (QED) is 0.431. The number of amides is 1. The fourth-order valence-corrected chi connectivity index (χ4v) is 2.32. The van der Waals surface area contributed by atoms with E-state index >= 15 is 0 Å². The minimum absolute atomic E-state index is 0.204. The second-order valence-electron chi connectivity index (χ2n) is 9.17. The Labute approximate surface area is 150 Å². The molecule has 0 aromatic carbocycles. The first-order chi connectivity index (χ1) is 11.0. The number of nitrogens with zero attached hydrogens (tertiary/aromatic N) is 2. The van der Waals surface area contributed by atoms with Gasteiger partial charge in [-0.2, -0.15) is 0 Å². The van der Waals surface area contributed by atoms with E-state index in [4.69, 9.17) is 9.47 Å². The Balaban J connectivity index is 3.28. The fourth-order valence-electron chi connectivity index (χ4n) is 2.32. The number of carbonyl (C=O) groups is 3. The molecule has 7 heteroatoms. The number of hydrogen-bond acceptors (Lipinski definition) is 5. The van der Waals surface area contributed by atoms with Crippen molar-refractivity contribution in [1.29, 1.82) is 0 Å². The zero-order valence-corrected chi connectivity index (χ0v) is 16.8. The molecule has 0 N–H and O–H groups in total. The highest BCUT2D eigenvalue weighted by atomic mass is 16.6. The number of carbonyl (C=O) groups excluding carboxylic acids is 3. The Bertz CT molecular complexity index is 588. The molecule has 142 valence electrons. The van der Waals surface area contributed by atoms with E-state index in [9.17, 15) is 14.4 Å². The van der Waals surface area contributed by atoms with Crippen molar-refractivity contribution in [3.63, 3.8) is 0 Å². The zero-order valence-electron chi connectivity index (χ0n) is 16.8. The molecule has 0 aromatic heterocycles. The molecule has 1 unspecified atom stereocenters. The lowest BCUT2D eigenvalue weighted by molar-refractivity contribution is -0.817. The van der Waals surface area contributed by atoms with Gasteiger partial charge in [-0.05, 0) is 41.5 Å². The maximum atomic E-state index is 12.7. The van der Waals surface area contributed by atoms with Crippen LogP contribution in [-0.2, 0) is 19.1 Å². The Morgan fingerprint density at radius 1 is 1.04 bits per heavy atom. The summed E-state index contributed by atoms with van der Waals surface area (Å²) in [4.78, 5) is 38.8. The summed E-state index contributed by atoms with van der Waals surface area (Å²) < 4.78 is 11.1. The molecule has 1 aliphatic heterocycles. The number of hydrogen-bond donors (Lipinski definition) is 0. The van der Waals surface area contributed by atoms with Crippen molar-refractivity contribution < 1.29 is 28.3 Å². The van der Waals surface area contributed by atoms with Gasteiger partial charge in [-0.1, -0.05) is 0 Å². The SMILES string of the molecule is CC(C)(C)OC(=O)C1C(=C[N+](C)(C)C)C(=O)CN1C(=O)OC(C)(C)C. The van der Waals surface area contributed by atoms with Gasteiger partial charge in [-0.25, -0.2) is 9.59 Å². The second-order valence-corrected chi connectivity index (χ2v) is 9.17. The minimum atomic E-state index is -1.10. The van der Waals surface area contributed by atoms with Crippen LogP contribution in [0.5, 0.6) is 0 Å². The maximum Gasteiger partial charge on any atom is 0.411 e. The Kier molecular flexibility index (Phi) is 5.74. The Hall–Kier alpha value is -1.89. The monoisotopic (exact) mass is 355 g/mol. The standard InChI is InChI=1S/C18H31N2O5/c1-17(2,3)24-15(22)14-12(11-20(7,8)9)13(21)10-19(14)16(23)25-18(4,5)6/h11,14H,10H2,1-9H3/q+1. The average molecular weight is 355 g/mol. The van der Waals surface area contributed by atoms with Crippen LogP contribution in [0, 0.1) is 0 Å². The van der Waals surface area contributed by atoms with Gasteiger partial charge in [0.2, 0.25) is 0 Å². The van der Waals surface area contributed by atoms with E-state index in [2.05, 4.69) is 0 Å². The number of Topliss-reactive ketones (excluding diaryl/α,β-unsaturated/α-hetero) is 1. The summed E-state index contributed by atoms with van der Waals surface area (Å²) in [5.74, 6) is -0.918. The number of esters is 1. The highest BCUT2D eigenvalue weighted by Crippen LogP contribution is 2.27. The van der Waals surface area contributed by atoms with E-state index in [1.54, 1.807) is 47.7 Å². The van der Waals surface area contributed by atoms with Crippen LogP contribution in [0.15, 0.2) is 11.8 Å². The summed E-state index contributed by atoms with van der Waals surface area (Å²) in [7, 11) is 5.59. The lowest BCUT2D eigenvalue weighted by Gasteiger charge is -2.29. The zero-order chi connectivity index (χ0) is 19.8. The van der Waals surface area contributed by atoms with Crippen molar-refractivity contribution in [3.8, 4) is 0 Å². The molecule has 1 rings (SSSR count). The lowest BCUT2D eigenvalue weighted by Crippen LogP contribution is -2.46. The molecule has 0 spiro atoms. The van der Waals surface area contributed by atoms with E-state index in [1.807, 2.05) is 21.1 Å². The van der Waals surface area contributed by atoms with Crippen molar-refractivity contribution in [2.75, 3.05) is 27.7 Å². The largest absolute Gasteiger partial charge is 0.458 e. The second kappa shape index (κ2) is 6.78. The normalized spacial score (nSPS) is 20.8. The van der Waals surface area contributed by atoms with Gasteiger partial charge >= 0.3 is 12.1 Å². The van der Waals surface area contributed by atoms with Crippen LogP contribution in [0.3, 0.4) is 0 Å². The molecule has 1 amide bonds. The van der Waals surface area contributed by atoms with Crippen LogP contribution in [0.4, 0.5) is 4.79 Å².